The molecule has 0 fully saturated rings. The lowest BCUT2D eigenvalue weighted by Gasteiger charge is -2.24. The van der Waals surface area contributed by atoms with Gasteiger partial charge in [-0.05, 0) is 32.0 Å². The number of likely N-dealkylation sites (N-methyl/N-ethyl adjacent to an activating group) is 1. The number of hydrogen-bond acceptors (Lipinski definition) is 2. The molecule has 0 heterocycles. The fourth-order valence-electron chi connectivity index (χ4n) is 1.73. The molecule has 3 nitrogen and oxygen atoms in total. The van der Waals surface area contributed by atoms with Gasteiger partial charge in [-0.2, -0.15) is 13.2 Å². The van der Waals surface area contributed by atoms with Gasteiger partial charge >= 0.3 is 6.18 Å². The van der Waals surface area contributed by atoms with Gasteiger partial charge in [0.1, 0.15) is 6.54 Å². The van der Waals surface area contributed by atoms with Crippen molar-refractivity contribution in [2.75, 3.05) is 13.6 Å². The Hall–Kier alpha value is -1.56. The van der Waals surface area contributed by atoms with Gasteiger partial charge in [0.2, 0.25) is 5.91 Å². The van der Waals surface area contributed by atoms with E-state index in [2.05, 4.69) is 0 Å². The van der Waals surface area contributed by atoms with Crippen molar-refractivity contribution in [3.8, 4) is 0 Å². The Morgan fingerprint density at radius 3 is 2.50 bits per heavy atom. The molecule has 1 atom stereocenters. The minimum absolute atomic E-state index is 0.507. The molecule has 1 N–H and O–H groups in total. The zero-order valence-electron chi connectivity index (χ0n) is 11.8. The lowest BCUT2D eigenvalue weighted by molar-refractivity contribution is -0.141. The van der Waals surface area contributed by atoms with E-state index in [9.17, 15) is 18.0 Å². The van der Waals surface area contributed by atoms with E-state index < -0.39 is 24.7 Å². The molecule has 112 valence electrons. The number of nitrogens with zero attached hydrogens (tertiary/aromatic N) is 1. The van der Waals surface area contributed by atoms with Crippen LogP contribution in [0.1, 0.15) is 18.1 Å². The summed E-state index contributed by atoms with van der Waals surface area (Å²) in [4.78, 5) is 13.4. The predicted molar refractivity (Wildman–Crippen MR) is 71.2 cm³/mol. The van der Waals surface area contributed by atoms with Crippen LogP contribution in [0.2, 0.25) is 0 Å². The molecule has 1 aromatic rings. The highest BCUT2D eigenvalue weighted by Crippen LogP contribution is 2.13. The van der Waals surface area contributed by atoms with Crippen molar-refractivity contribution in [2.45, 2.75) is 32.6 Å². The minimum Gasteiger partial charge on any atom is -0.346 e. The van der Waals surface area contributed by atoms with Crippen molar-refractivity contribution in [2.24, 2.45) is 0 Å². The van der Waals surface area contributed by atoms with E-state index in [-0.39, 0.29) is 0 Å². The Morgan fingerprint density at radius 1 is 1.35 bits per heavy atom. The molecule has 0 saturated carbocycles. The summed E-state index contributed by atoms with van der Waals surface area (Å²) in [5.74, 6) is -0.626. The second-order valence-corrected chi connectivity index (χ2v) is 4.85. The summed E-state index contributed by atoms with van der Waals surface area (Å²) in [6, 6.07) is 7.07. The van der Waals surface area contributed by atoms with Gasteiger partial charge < -0.3 is 5.32 Å². The van der Waals surface area contributed by atoms with Crippen molar-refractivity contribution in [3.63, 3.8) is 0 Å². The van der Waals surface area contributed by atoms with Crippen LogP contribution in [0.5, 0.6) is 0 Å². The van der Waals surface area contributed by atoms with E-state index in [1.54, 1.807) is 18.9 Å². The number of carbonyl (C=O) groups excluding carboxylic acids is 1. The van der Waals surface area contributed by atoms with Crippen LogP contribution in [0.4, 0.5) is 13.2 Å². The molecule has 0 saturated heterocycles. The quantitative estimate of drug-likeness (QED) is 0.903. The monoisotopic (exact) mass is 288 g/mol. The van der Waals surface area contributed by atoms with E-state index in [0.29, 0.717) is 6.54 Å². The van der Waals surface area contributed by atoms with Crippen LogP contribution >= 0.6 is 0 Å². The van der Waals surface area contributed by atoms with Crippen LogP contribution < -0.4 is 5.32 Å². The minimum atomic E-state index is -4.38. The Kier molecular flexibility index (Phi) is 5.56. The van der Waals surface area contributed by atoms with Gasteiger partial charge in [0.15, 0.2) is 0 Å². The van der Waals surface area contributed by atoms with Gasteiger partial charge in [-0.1, -0.05) is 24.3 Å². The number of halogens is 3. The number of amides is 1. The first-order valence-electron chi connectivity index (χ1n) is 6.30. The lowest BCUT2D eigenvalue weighted by atomic mass is 10.1. The zero-order chi connectivity index (χ0) is 15.3. The third kappa shape index (κ3) is 5.21. The van der Waals surface area contributed by atoms with Gasteiger partial charge in [-0.25, -0.2) is 0 Å². The molecular weight excluding hydrogens is 269 g/mol. The molecule has 1 rings (SSSR count). The maximum atomic E-state index is 12.1. The highest BCUT2D eigenvalue weighted by Gasteiger charge is 2.29. The van der Waals surface area contributed by atoms with Gasteiger partial charge in [-0.3, -0.25) is 9.69 Å². The number of hydrogen-bond donors (Lipinski definition) is 1. The molecule has 0 radical (unpaired) electrons. The number of nitrogens with one attached hydrogen (secondary N) is 1. The average molecular weight is 288 g/mol. The van der Waals surface area contributed by atoms with Crippen LogP contribution in [0, 0.1) is 6.92 Å². The van der Waals surface area contributed by atoms with E-state index in [4.69, 9.17) is 0 Å². The number of benzene rings is 1. The second-order valence-electron chi connectivity index (χ2n) is 4.85. The molecule has 0 aliphatic carbocycles. The first-order chi connectivity index (χ1) is 9.20. The van der Waals surface area contributed by atoms with Crippen molar-refractivity contribution < 1.29 is 18.0 Å². The van der Waals surface area contributed by atoms with Crippen molar-refractivity contribution in [3.05, 3.63) is 35.4 Å². The summed E-state index contributed by atoms with van der Waals surface area (Å²) in [5.41, 5.74) is 2.13. The SMILES string of the molecule is Cc1ccccc1CN(C)C(C)C(=O)NCC(F)(F)F. The van der Waals surface area contributed by atoms with E-state index >= 15 is 0 Å². The molecule has 1 aromatic carbocycles. The summed E-state index contributed by atoms with van der Waals surface area (Å²) in [7, 11) is 1.71. The summed E-state index contributed by atoms with van der Waals surface area (Å²) in [6.07, 6.45) is -4.38. The van der Waals surface area contributed by atoms with Crippen molar-refractivity contribution in [1.82, 2.24) is 10.2 Å². The predicted octanol–water partition coefficient (Wildman–Crippen LogP) is 2.49. The van der Waals surface area contributed by atoms with Gasteiger partial charge in [0, 0.05) is 6.54 Å². The van der Waals surface area contributed by atoms with Gasteiger partial charge in [-0.15, -0.1) is 0 Å². The number of alkyl halides is 3. The highest BCUT2D eigenvalue weighted by molar-refractivity contribution is 5.81. The molecule has 0 spiro atoms. The first kappa shape index (κ1) is 16.5. The van der Waals surface area contributed by atoms with E-state index in [1.807, 2.05) is 36.5 Å². The maximum Gasteiger partial charge on any atom is 0.405 e. The van der Waals surface area contributed by atoms with Crippen LogP contribution in [0.3, 0.4) is 0 Å². The van der Waals surface area contributed by atoms with E-state index in [1.165, 1.54) is 0 Å². The number of rotatable bonds is 5. The standard InChI is InChI=1S/C14H19F3N2O/c1-10-6-4-5-7-12(10)8-19(3)11(2)13(20)18-9-14(15,16)17/h4-7,11H,8-9H2,1-3H3,(H,18,20). The molecule has 6 heteroatoms. The Morgan fingerprint density at radius 2 is 1.95 bits per heavy atom. The lowest BCUT2D eigenvalue weighted by Crippen LogP contribution is -2.45. The zero-order valence-corrected chi connectivity index (χ0v) is 11.8. The van der Waals surface area contributed by atoms with Gasteiger partial charge in [0.05, 0.1) is 6.04 Å². The van der Waals surface area contributed by atoms with Crippen molar-refractivity contribution >= 4 is 5.91 Å². The van der Waals surface area contributed by atoms with Crippen LogP contribution in [-0.4, -0.2) is 36.6 Å². The van der Waals surface area contributed by atoms with Gasteiger partial charge in [0.25, 0.3) is 0 Å². The van der Waals surface area contributed by atoms with Crippen LogP contribution in [-0.2, 0) is 11.3 Å². The summed E-state index contributed by atoms with van der Waals surface area (Å²) in [5, 5.41) is 1.90. The van der Waals surface area contributed by atoms with Crippen LogP contribution in [0.15, 0.2) is 24.3 Å². The maximum absolute atomic E-state index is 12.1. The molecule has 0 aromatic heterocycles. The highest BCUT2D eigenvalue weighted by atomic mass is 19.4. The molecular formula is C14H19F3N2O. The second kappa shape index (κ2) is 6.74. The summed E-state index contributed by atoms with van der Waals surface area (Å²) < 4.78 is 36.2. The summed E-state index contributed by atoms with van der Waals surface area (Å²) >= 11 is 0. The summed E-state index contributed by atoms with van der Waals surface area (Å²) in [6.45, 7) is 2.75. The van der Waals surface area contributed by atoms with Crippen molar-refractivity contribution in [1.29, 1.82) is 0 Å². The molecule has 1 unspecified atom stereocenters. The van der Waals surface area contributed by atoms with E-state index in [0.717, 1.165) is 11.1 Å². The third-order valence-electron chi connectivity index (χ3n) is 3.18. The number of carbonyl (C=O) groups is 1. The molecule has 0 bridgehead atoms. The Bertz CT molecular complexity index is 460. The Balaban J connectivity index is 2.56. The topological polar surface area (TPSA) is 32.3 Å². The molecule has 1 amide bonds. The largest absolute Gasteiger partial charge is 0.405 e. The fraction of sp³-hybridized carbons (Fsp3) is 0.500. The Labute approximate surface area is 116 Å². The smallest absolute Gasteiger partial charge is 0.346 e. The first-order valence-corrected chi connectivity index (χ1v) is 6.30. The third-order valence-corrected chi connectivity index (χ3v) is 3.18. The fourth-order valence-corrected chi connectivity index (χ4v) is 1.73. The van der Waals surface area contributed by atoms with Crippen LogP contribution in [0.25, 0.3) is 0 Å². The normalized spacial score (nSPS) is 13.3. The molecule has 20 heavy (non-hydrogen) atoms. The molecule has 0 aliphatic heterocycles. The average Bonchev–Trinajstić information content (AvgIpc) is 2.36. The number of aryl methyl sites for hydroxylation is 1. The molecule has 0 aliphatic rings.